The van der Waals surface area contributed by atoms with E-state index in [0.29, 0.717) is 0 Å². The predicted octanol–water partition coefficient (Wildman–Crippen LogP) is 3.49. The Morgan fingerprint density at radius 1 is 1.12 bits per heavy atom. The minimum atomic E-state index is 0.778. The van der Waals surface area contributed by atoms with Gasteiger partial charge in [-0.1, -0.05) is 23.4 Å². The normalized spacial score (nSPS) is 10.8. The molecular weight excluding hydrogens is 315 g/mol. The summed E-state index contributed by atoms with van der Waals surface area (Å²) >= 11 is 2.10. The van der Waals surface area contributed by atoms with Crippen LogP contribution in [0.4, 0.5) is 0 Å². The predicted molar refractivity (Wildman–Crippen MR) is 70.0 cm³/mol. The van der Waals surface area contributed by atoms with Crippen LogP contribution in [0.15, 0.2) is 47.1 Å². The van der Waals surface area contributed by atoms with Gasteiger partial charge in [-0.2, -0.15) is 0 Å². The van der Waals surface area contributed by atoms with Gasteiger partial charge in [0.15, 0.2) is 3.77 Å². The summed E-state index contributed by atoms with van der Waals surface area (Å²) < 4.78 is 5.82. The minimum absolute atomic E-state index is 0.778. The van der Waals surface area contributed by atoms with E-state index in [-0.39, 0.29) is 0 Å². The van der Waals surface area contributed by atoms with Crippen LogP contribution in [0.3, 0.4) is 0 Å². The molecule has 16 heavy (non-hydrogen) atoms. The first-order valence-electron chi connectivity index (χ1n) is 4.80. The molecular formula is C12H7IN2O. The summed E-state index contributed by atoms with van der Waals surface area (Å²) in [6.07, 6.45) is 1.82. The van der Waals surface area contributed by atoms with Crippen LogP contribution >= 0.6 is 22.6 Å². The molecule has 0 amide bonds. The molecule has 0 spiro atoms. The standard InChI is InChI=1S/C12H7IN2O/c13-12-6-11(15-16-12)9-5-8-3-1-2-4-10(8)14-7-9/h1-7H. The zero-order chi connectivity index (χ0) is 11.0. The van der Waals surface area contributed by atoms with Gasteiger partial charge in [0, 0.05) is 45.8 Å². The van der Waals surface area contributed by atoms with Crippen molar-refractivity contribution < 1.29 is 4.52 Å². The molecule has 1 aromatic carbocycles. The summed E-state index contributed by atoms with van der Waals surface area (Å²) in [7, 11) is 0. The molecule has 0 aliphatic heterocycles. The highest BCUT2D eigenvalue weighted by Gasteiger charge is 2.05. The van der Waals surface area contributed by atoms with E-state index in [1.165, 1.54) is 0 Å². The number of fused-ring (bicyclic) bond motifs is 1. The number of aromatic nitrogens is 2. The van der Waals surface area contributed by atoms with Crippen LogP contribution in [0.25, 0.3) is 22.2 Å². The third-order valence-corrected chi connectivity index (χ3v) is 2.88. The Bertz CT molecular complexity index is 648. The second-order valence-corrected chi connectivity index (χ2v) is 4.50. The molecule has 0 aliphatic rings. The third kappa shape index (κ3) is 1.69. The highest BCUT2D eigenvalue weighted by molar-refractivity contribution is 14.1. The van der Waals surface area contributed by atoms with Gasteiger partial charge in [0.2, 0.25) is 0 Å². The van der Waals surface area contributed by atoms with Crippen molar-refractivity contribution in [1.29, 1.82) is 0 Å². The Balaban J connectivity index is 2.18. The van der Waals surface area contributed by atoms with Crippen LogP contribution in [0, 0.1) is 3.77 Å². The highest BCUT2D eigenvalue weighted by Crippen LogP contribution is 2.22. The lowest BCUT2D eigenvalue weighted by Crippen LogP contribution is -1.82. The second kappa shape index (κ2) is 3.86. The number of benzene rings is 1. The quantitative estimate of drug-likeness (QED) is 0.644. The van der Waals surface area contributed by atoms with Crippen molar-refractivity contribution >= 4 is 33.5 Å². The first-order valence-corrected chi connectivity index (χ1v) is 5.88. The number of halogens is 1. The number of rotatable bonds is 1. The van der Waals surface area contributed by atoms with Crippen molar-refractivity contribution in [2.45, 2.75) is 0 Å². The largest absolute Gasteiger partial charge is 0.350 e. The van der Waals surface area contributed by atoms with E-state index in [2.05, 4.69) is 38.8 Å². The topological polar surface area (TPSA) is 38.9 Å². The summed E-state index contributed by atoms with van der Waals surface area (Å²) in [6, 6.07) is 12.0. The first kappa shape index (κ1) is 9.77. The van der Waals surface area contributed by atoms with Gasteiger partial charge in [-0.15, -0.1) is 0 Å². The molecule has 0 radical (unpaired) electrons. The van der Waals surface area contributed by atoms with E-state index < -0.39 is 0 Å². The molecule has 0 aliphatic carbocycles. The van der Waals surface area contributed by atoms with Crippen LogP contribution in [-0.2, 0) is 0 Å². The molecule has 0 bridgehead atoms. The molecule has 2 aromatic heterocycles. The summed E-state index contributed by atoms with van der Waals surface area (Å²) in [5.74, 6) is 0. The van der Waals surface area contributed by atoms with E-state index in [1.54, 1.807) is 0 Å². The number of hydrogen-bond donors (Lipinski definition) is 0. The Morgan fingerprint density at radius 2 is 2.00 bits per heavy atom. The molecule has 3 nitrogen and oxygen atoms in total. The third-order valence-electron chi connectivity index (χ3n) is 2.37. The van der Waals surface area contributed by atoms with Gasteiger partial charge in [0.1, 0.15) is 5.69 Å². The van der Waals surface area contributed by atoms with E-state index in [1.807, 2.05) is 36.5 Å². The van der Waals surface area contributed by atoms with E-state index in [9.17, 15) is 0 Å². The van der Waals surface area contributed by atoms with Crippen molar-refractivity contribution in [3.8, 4) is 11.3 Å². The monoisotopic (exact) mass is 322 g/mol. The fourth-order valence-corrected chi connectivity index (χ4v) is 1.99. The number of para-hydroxylation sites is 1. The van der Waals surface area contributed by atoms with Crippen molar-refractivity contribution in [2.24, 2.45) is 0 Å². The Labute approximate surface area is 106 Å². The highest BCUT2D eigenvalue weighted by atomic mass is 127. The lowest BCUT2D eigenvalue weighted by atomic mass is 10.1. The van der Waals surface area contributed by atoms with Gasteiger partial charge < -0.3 is 4.52 Å². The van der Waals surface area contributed by atoms with Crippen molar-refractivity contribution in [2.75, 3.05) is 0 Å². The average Bonchev–Trinajstić information content (AvgIpc) is 2.75. The summed E-state index contributed by atoms with van der Waals surface area (Å²) in [6.45, 7) is 0. The Hall–Kier alpha value is -1.43. The lowest BCUT2D eigenvalue weighted by molar-refractivity contribution is 0.400. The van der Waals surface area contributed by atoms with Gasteiger partial charge in [0.05, 0.1) is 5.52 Å². The summed E-state index contributed by atoms with van der Waals surface area (Å²) in [4.78, 5) is 4.38. The molecule has 3 rings (SSSR count). The van der Waals surface area contributed by atoms with E-state index in [4.69, 9.17) is 4.52 Å². The molecule has 0 atom stereocenters. The van der Waals surface area contributed by atoms with Crippen LogP contribution in [0.1, 0.15) is 0 Å². The number of pyridine rings is 1. The van der Waals surface area contributed by atoms with E-state index in [0.717, 1.165) is 25.9 Å². The molecule has 2 heterocycles. The van der Waals surface area contributed by atoms with Gasteiger partial charge in [-0.25, -0.2) is 0 Å². The van der Waals surface area contributed by atoms with Gasteiger partial charge in [0.25, 0.3) is 0 Å². The number of nitrogens with zero attached hydrogens (tertiary/aromatic N) is 2. The lowest BCUT2D eigenvalue weighted by Gasteiger charge is -1.98. The van der Waals surface area contributed by atoms with Crippen LogP contribution < -0.4 is 0 Å². The molecule has 3 aromatic rings. The van der Waals surface area contributed by atoms with Crippen molar-refractivity contribution in [1.82, 2.24) is 10.1 Å². The first-order chi connectivity index (χ1) is 7.83. The minimum Gasteiger partial charge on any atom is -0.350 e. The zero-order valence-corrected chi connectivity index (χ0v) is 10.4. The molecule has 0 fully saturated rings. The molecule has 0 N–H and O–H groups in total. The fourth-order valence-electron chi connectivity index (χ4n) is 1.60. The Kier molecular flexibility index (Phi) is 2.36. The molecule has 0 saturated carbocycles. The summed E-state index contributed by atoms with van der Waals surface area (Å²) in [5.41, 5.74) is 2.79. The second-order valence-electron chi connectivity index (χ2n) is 3.43. The maximum absolute atomic E-state index is 5.04. The van der Waals surface area contributed by atoms with E-state index >= 15 is 0 Å². The molecule has 78 valence electrons. The van der Waals surface area contributed by atoms with Crippen LogP contribution in [0.2, 0.25) is 0 Å². The van der Waals surface area contributed by atoms with Gasteiger partial charge >= 0.3 is 0 Å². The van der Waals surface area contributed by atoms with Crippen molar-refractivity contribution in [3.05, 3.63) is 46.4 Å². The fraction of sp³-hybridized carbons (Fsp3) is 0. The Morgan fingerprint density at radius 3 is 2.81 bits per heavy atom. The average molecular weight is 322 g/mol. The van der Waals surface area contributed by atoms with Gasteiger partial charge in [-0.3, -0.25) is 4.98 Å². The van der Waals surface area contributed by atoms with Crippen LogP contribution in [0.5, 0.6) is 0 Å². The summed E-state index contributed by atoms with van der Waals surface area (Å²) in [5, 5.41) is 5.08. The van der Waals surface area contributed by atoms with Crippen molar-refractivity contribution in [3.63, 3.8) is 0 Å². The molecule has 0 saturated heterocycles. The zero-order valence-electron chi connectivity index (χ0n) is 8.22. The SMILES string of the molecule is Ic1cc(-c2cnc3ccccc3c2)no1. The number of hydrogen-bond acceptors (Lipinski definition) is 3. The molecule has 4 heteroatoms. The van der Waals surface area contributed by atoms with Gasteiger partial charge in [-0.05, 0) is 12.1 Å². The maximum Gasteiger partial charge on any atom is 0.196 e. The molecule has 0 unspecified atom stereocenters. The maximum atomic E-state index is 5.04. The van der Waals surface area contributed by atoms with Crippen LogP contribution in [-0.4, -0.2) is 10.1 Å². The smallest absolute Gasteiger partial charge is 0.196 e.